The van der Waals surface area contributed by atoms with Gasteiger partial charge in [-0.05, 0) is 54.1 Å². The minimum absolute atomic E-state index is 0.0871. The van der Waals surface area contributed by atoms with Crippen LogP contribution in [0.1, 0.15) is 12.0 Å². The summed E-state index contributed by atoms with van der Waals surface area (Å²) in [5, 5.41) is 3.07. The fraction of sp³-hybridized carbons (Fsp3) is 0.111. The van der Waals surface area contributed by atoms with Crippen LogP contribution in [0.4, 0.5) is 26.1 Å². The first-order valence-corrected chi connectivity index (χ1v) is 11.4. The zero-order valence-corrected chi connectivity index (χ0v) is 20.2. The molecule has 2 amide bonds. The lowest BCUT2D eigenvalue weighted by Gasteiger charge is -2.23. The van der Waals surface area contributed by atoms with Gasteiger partial charge in [-0.15, -0.1) is 0 Å². The summed E-state index contributed by atoms with van der Waals surface area (Å²) in [5.41, 5.74) is 6.46. The second-order valence-electron chi connectivity index (χ2n) is 7.99. The van der Waals surface area contributed by atoms with Gasteiger partial charge in [0.25, 0.3) is 0 Å². The molecule has 1 aromatic heterocycles. The summed E-state index contributed by atoms with van der Waals surface area (Å²) >= 11 is 0. The zero-order chi connectivity index (χ0) is 27.1. The highest BCUT2D eigenvalue weighted by Crippen LogP contribution is 2.32. The molecule has 11 heteroatoms. The van der Waals surface area contributed by atoms with Crippen molar-refractivity contribution in [2.75, 3.05) is 17.3 Å². The Hall–Kier alpha value is -5.06. The lowest BCUT2D eigenvalue weighted by molar-refractivity contribution is -0.125. The van der Waals surface area contributed by atoms with Crippen LogP contribution in [0.15, 0.2) is 79.0 Å². The largest absolute Gasteiger partial charge is 0.497 e. The average Bonchev–Trinajstić information content (AvgIpc) is 2.90. The molecule has 0 atom stereocenters. The van der Waals surface area contributed by atoms with E-state index in [4.69, 9.17) is 15.2 Å². The van der Waals surface area contributed by atoms with E-state index in [0.717, 1.165) is 34.4 Å². The number of nitrogens with one attached hydrogen (secondary N) is 1. The summed E-state index contributed by atoms with van der Waals surface area (Å²) in [6.07, 6.45) is 0.841. The normalized spacial score (nSPS) is 10.5. The highest BCUT2D eigenvalue weighted by Gasteiger charge is 2.21. The molecule has 0 unspecified atom stereocenters. The molecule has 4 rings (SSSR count). The van der Waals surface area contributed by atoms with E-state index >= 15 is 4.39 Å². The van der Waals surface area contributed by atoms with Crippen molar-refractivity contribution >= 4 is 29.1 Å². The van der Waals surface area contributed by atoms with Gasteiger partial charge in [-0.3, -0.25) is 14.5 Å². The van der Waals surface area contributed by atoms with Crippen molar-refractivity contribution in [1.82, 2.24) is 9.97 Å². The molecule has 0 aliphatic rings. The maximum Gasteiger partial charge on any atom is 0.240 e. The molecule has 0 aliphatic carbocycles. The van der Waals surface area contributed by atoms with Crippen LogP contribution in [0.25, 0.3) is 0 Å². The Bertz CT molecular complexity index is 1430. The first kappa shape index (κ1) is 26.0. The Balaban J connectivity index is 1.50. The Morgan fingerprint density at radius 2 is 1.68 bits per heavy atom. The number of carbonyl (C=O) groups excluding carboxylic acids is 2. The van der Waals surface area contributed by atoms with E-state index in [1.807, 2.05) is 24.3 Å². The minimum Gasteiger partial charge on any atom is -0.497 e. The van der Waals surface area contributed by atoms with Crippen LogP contribution in [0.5, 0.6) is 17.4 Å². The Labute approximate surface area is 216 Å². The van der Waals surface area contributed by atoms with E-state index in [1.165, 1.54) is 36.5 Å². The predicted molar refractivity (Wildman–Crippen MR) is 136 cm³/mol. The predicted octanol–water partition coefficient (Wildman–Crippen LogP) is 4.71. The molecule has 0 radical (unpaired) electrons. The average molecular weight is 520 g/mol. The van der Waals surface area contributed by atoms with Gasteiger partial charge in [0.2, 0.25) is 23.6 Å². The second kappa shape index (κ2) is 11.8. The number of rotatable bonds is 10. The maximum atomic E-state index is 15.0. The molecule has 0 spiro atoms. The lowest BCUT2D eigenvalue weighted by Crippen LogP contribution is -2.30. The smallest absolute Gasteiger partial charge is 0.240 e. The molecular weight excluding hydrogens is 496 g/mol. The summed E-state index contributed by atoms with van der Waals surface area (Å²) < 4.78 is 39.2. The van der Waals surface area contributed by atoms with Gasteiger partial charge in [0.1, 0.15) is 18.0 Å². The van der Waals surface area contributed by atoms with Crippen molar-refractivity contribution in [2.45, 2.75) is 13.0 Å². The summed E-state index contributed by atoms with van der Waals surface area (Å²) in [7, 11) is 1.59. The van der Waals surface area contributed by atoms with Crippen molar-refractivity contribution in [1.29, 1.82) is 0 Å². The molecule has 0 bridgehead atoms. The molecule has 38 heavy (non-hydrogen) atoms. The van der Waals surface area contributed by atoms with Gasteiger partial charge in [0.15, 0.2) is 11.6 Å². The third-order valence-electron chi connectivity index (χ3n) is 5.29. The molecule has 4 aromatic rings. The Morgan fingerprint density at radius 3 is 2.34 bits per heavy atom. The van der Waals surface area contributed by atoms with Gasteiger partial charge in [0, 0.05) is 30.6 Å². The molecule has 0 fully saturated rings. The number of nitrogens with zero attached hydrogens (tertiary/aromatic N) is 3. The molecule has 3 aromatic carbocycles. The van der Waals surface area contributed by atoms with Crippen LogP contribution in [0.3, 0.4) is 0 Å². The van der Waals surface area contributed by atoms with Gasteiger partial charge >= 0.3 is 0 Å². The molecule has 0 saturated heterocycles. The van der Waals surface area contributed by atoms with Crippen LogP contribution in [-0.4, -0.2) is 28.9 Å². The quantitative estimate of drug-likeness (QED) is 0.291. The third-order valence-corrected chi connectivity index (χ3v) is 5.29. The minimum atomic E-state index is -0.859. The Kier molecular flexibility index (Phi) is 8.07. The summed E-state index contributed by atoms with van der Waals surface area (Å²) in [6.45, 7) is 0.440. The number of methoxy groups -OCH3 is 1. The number of aromatic nitrogens is 2. The van der Waals surface area contributed by atoms with E-state index in [9.17, 15) is 14.0 Å². The van der Waals surface area contributed by atoms with E-state index < -0.39 is 29.9 Å². The fourth-order valence-corrected chi connectivity index (χ4v) is 3.49. The van der Waals surface area contributed by atoms with Crippen LogP contribution in [0, 0.1) is 11.6 Å². The highest BCUT2D eigenvalue weighted by molar-refractivity contribution is 6.08. The first-order valence-electron chi connectivity index (χ1n) is 11.4. The third kappa shape index (κ3) is 6.58. The SMILES string of the molecule is COc1ccc(CNc2nccc(Oc3ccc(N(C(=O)CC(N)=O)c4ccc(F)cc4)cc3F)n2)cc1. The monoisotopic (exact) mass is 519 g/mol. The van der Waals surface area contributed by atoms with Gasteiger partial charge in [0.05, 0.1) is 12.8 Å². The number of hydrogen-bond acceptors (Lipinski definition) is 7. The van der Waals surface area contributed by atoms with E-state index in [0.29, 0.717) is 6.54 Å². The topological polar surface area (TPSA) is 120 Å². The maximum absolute atomic E-state index is 15.0. The number of carbonyl (C=O) groups is 2. The highest BCUT2D eigenvalue weighted by atomic mass is 19.1. The summed E-state index contributed by atoms with van der Waals surface area (Å²) in [6, 6.07) is 17.7. The molecule has 0 aliphatic heterocycles. The number of benzene rings is 3. The van der Waals surface area contributed by atoms with Crippen molar-refractivity contribution < 1.29 is 27.8 Å². The molecule has 1 heterocycles. The number of nitrogens with two attached hydrogens (primary N) is 1. The lowest BCUT2D eigenvalue weighted by atomic mass is 10.2. The number of hydrogen-bond donors (Lipinski definition) is 2. The standard InChI is InChI=1S/C27H23F2N5O4/c1-37-21-9-2-17(3-10-21)16-32-27-31-13-12-25(33-27)38-23-11-8-20(14-22(23)29)34(26(36)15-24(30)35)19-6-4-18(28)5-7-19/h2-14H,15-16H2,1H3,(H2,30,35)(H,31,32,33). The molecule has 3 N–H and O–H groups in total. The molecule has 9 nitrogen and oxygen atoms in total. The zero-order valence-electron chi connectivity index (χ0n) is 20.2. The van der Waals surface area contributed by atoms with Gasteiger partial charge in [-0.25, -0.2) is 13.8 Å². The van der Waals surface area contributed by atoms with Gasteiger partial charge < -0.3 is 20.5 Å². The number of halogens is 2. The van der Waals surface area contributed by atoms with Crippen LogP contribution in [0.2, 0.25) is 0 Å². The van der Waals surface area contributed by atoms with E-state index in [2.05, 4.69) is 15.3 Å². The van der Waals surface area contributed by atoms with Crippen LogP contribution >= 0.6 is 0 Å². The van der Waals surface area contributed by atoms with Crippen LogP contribution < -0.4 is 25.4 Å². The summed E-state index contributed by atoms with van der Waals surface area (Å²) in [4.78, 5) is 33.5. The summed E-state index contributed by atoms with van der Waals surface area (Å²) in [5.74, 6) is -1.94. The number of amides is 2. The Morgan fingerprint density at radius 1 is 0.974 bits per heavy atom. The molecular formula is C27H23F2N5O4. The van der Waals surface area contributed by atoms with Crippen molar-refractivity contribution in [3.63, 3.8) is 0 Å². The van der Waals surface area contributed by atoms with Crippen molar-refractivity contribution in [3.05, 3.63) is 96.2 Å². The van der Waals surface area contributed by atoms with E-state index in [-0.39, 0.29) is 29.0 Å². The number of ether oxygens (including phenoxy) is 2. The van der Waals surface area contributed by atoms with Crippen molar-refractivity contribution in [2.24, 2.45) is 5.73 Å². The van der Waals surface area contributed by atoms with Gasteiger partial charge in [-0.1, -0.05) is 12.1 Å². The van der Waals surface area contributed by atoms with Crippen molar-refractivity contribution in [3.8, 4) is 17.4 Å². The molecule has 194 valence electrons. The van der Waals surface area contributed by atoms with Gasteiger partial charge in [-0.2, -0.15) is 4.98 Å². The first-order chi connectivity index (χ1) is 18.3. The van der Waals surface area contributed by atoms with Crippen LogP contribution in [-0.2, 0) is 16.1 Å². The second-order valence-corrected chi connectivity index (χ2v) is 7.99. The number of primary amides is 1. The fourth-order valence-electron chi connectivity index (χ4n) is 3.49. The number of anilines is 3. The molecule has 0 saturated carbocycles. The van der Waals surface area contributed by atoms with E-state index in [1.54, 1.807) is 7.11 Å².